The molecule has 88 valence electrons. The van der Waals surface area contributed by atoms with Crippen LogP contribution in [0, 0.1) is 6.92 Å². The van der Waals surface area contributed by atoms with Gasteiger partial charge in [-0.05, 0) is 25.5 Å². The van der Waals surface area contributed by atoms with Crippen molar-refractivity contribution in [3.63, 3.8) is 0 Å². The van der Waals surface area contributed by atoms with Crippen LogP contribution >= 0.6 is 11.3 Å². The van der Waals surface area contributed by atoms with Crippen molar-refractivity contribution >= 4 is 22.7 Å². The fraction of sp³-hybridized carbons (Fsp3) is 0.308. The van der Waals surface area contributed by atoms with Gasteiger partial charge in [0.15, 0.2) is 0 Å². The summed E-state index contributed by atoms with van der Waals surface area (Å²) in [5.74, 6) is 0. The van der Waals surface area contributed by atoms with Crippen LogP contribution in [0.4, 0.5) is 11.4 Å². The van der Waals surface area contributed by atoms with Gasteiger partial charge in [0, 0.05) is 34.6 Å². The van der Waals surface area contributed by atoms with E-state index in [-0.39, 0.29) is 0 Å². The Balaban J connectivity index is 1.86. The molecule has 0 radical (unpaired) electrons. The minimum atomic E-state index is 0.898. The van der Waals surface area contributed by atoms with Gasteiger partial charge in [0.2, 0.25) is 0 Å². The Labute approximate surface area is 105 Å². The SMILES string of the molecule is Cc1csc(CN2CCc3c(N)cccc32)n1. The van der Waals surface area contributed by atoms with Gasteiger partial charge in [-0.1, -0.05) is 6.07 Å². The number of anilines is 2. The second-order valence-corrected chi connectivity index (χ2v) is 5.34. The van der Waals surface area contributed by atoms with Crippen LogP contribution < -0.4 is 10.6 Å². The molecule has 1 aliphatic rings. The van der Waals surface area contributed by atoms with Gasteiger partial charge in [-0.3, -0.25) is 0 Å². The lowest BCUT2D eigenvalue weighted by molar-refractivity contribution is 0.827. The van der Waals surface area contributed by atoms with Gasteiger partial charge < -0.3 is 10.6 Å². The normalized spacial score (nSPS) is 14.1. The standard InChI is InChI=1S/C13H15N3S/c1-9-8-17-13(15-9)7-16-6-5-10-11(14)3-2-4-12(10)16/h2-4,8H,5-7,14H2,1H3. The third-order valence-corrected chi connectivity index (χ3v) is 4.10. The Hall–Kier alpha value is -1.55. The number of thiazole rings is 1. The highest BCUT2D eigenvalue weighted by Crippen LogP contribution is 2.33. The van der Waals surface area contributed by atoms with Crippen LogP contribution in [-0.4, -0.2) is 11.5 Å². The molecule has 0 aliphatic carbocycles. The third-order valence-electron chi connectivity index (χ3n) is 3.15. The molecule has 0 atom stereocenters. The quantitative estimate of drug-likeness (QED) is 0.827. The minimum absolute atomic E-state index is 0.898. The summed E-state index contributed by atoms with van der Waals surface area (Å²) in [7, 11) is 0. The summed E-state index contributed by atoms with van der Waals surface area (Å²) in [6, 6.07) is 6.16. The molecule has 2 heterocycles. The van der Waals surface area contributed by atoms with Crippen molar-refractivity contribution in [3.05, 3.63) is 39.8 Å². The summed E-state index contributed by atoms with van der Waals surface area (Å²) in [5.41, 5.74) is 10.6. The topological polar surface area (TPSA) is 42.1 Å². The summed E-state index contributed by atoms with van der Waals surface area (Å²) in [6.45, 7) is 3.98. The third kappa shape index (κ3) is 1.89. The first kappa shape index (κ1) is 10.6. The van der Waals surface area contributed by atoms with Gasteiger partial charge >= 0.3 is 0 Å². The molecular weight excluding hydrogens is 230 g/mol. The first-order valence-electron chi connectivity index (χ1n) is 5.77. The number of nitrogens with zero attached hydrogens (tertiary/aromatic N) is 2. The number of nitrogen functional groups attached to an aromatic ring is 1. The second-order valence-electron chi connectivity index (χ2n) is 4.40. The Bertz CT molecular complexity index is 547. The maximum absolute atomic E-state index is 5.99. The second kappa shape index (κ2) is 4.04. The molecule has 1 aromatic heterocycles. The number of hydrogen-bond donors (Lipinski definition) is 1. The van der Waals surface area contributed by atoms with Crippen LogP contribution in [0.15, 0.2) is 23.6 Å². The first-order valence-corrected chi connectivity index (χ1v) is 6.65. The summed E-state index contributed by atoms with van der Waals surface area (Å²) in [4.78, 5) is 6.88. The van der Waals surface area contributed by atoms with Crippen molar-refractivity contribution in [1.82, 2.24) is 4.98 Å². The lowest BCUT2D eigenvalue weighted by Gasteiger charge is -2.17. The predicted molar refractivity (Wildman–Crippen MR) is 72.5 cm³/mol. The van der Waals surface area contributed by atoms with E-state index < -0.39 is 0 Å². The predicted octanol–water partition coefficient (Wildman–Crippen LogP) is 2.60. The van der Waals surface area contributed by atoms with Gasteiger partial charge in [0.25, 0.3) is 0 Å². The van der Waals surface area contributed by atoms with Crippen LogP contribution in [0.3, 0.4) is 0 Å². The van der Waals surface area contributed by atoms with Gasteiger partial charge in [-0.25, -0.2) is 4.98 Å². The average Bonchev–Trinajstić information content (AvgIpc) is 2.88. The highest BCUT2D eigenvalue weighted by atomic mass is 32.1. The Morgan fingerprint density at radius 3 is 3.12 bits per heavy atom. The highest BCUT2D eigenvalue weighted by Gasteiger charge is 2.21. The number of aromatic nitrogens is 1. The number of benzene rings is 1. The van der Waals surface area contributed by atoms with Crippen molar-refractivity contribution in [2.45, 2.75) is 19.9 Å². The van der Waals surface area contributed by atoms with E-state index in [1.807, 2.05) is 19.1 Å². The van der Waals surface area contributed by atoms with E-state index in [1.165, 1.54) is 16.3 Å². The number of hydrogen-bond acceptors (Lipinski definition) is 4. The van der Waals surface area contributed by atoms with E-state index in [0.29, 0.717) is 0 Å². The van der Waals surface area contributed by atoms with Crippen molar-refractivity contribution in [2.75, 3.05) is 17.2 Å². The van der Waals surface area contributed by atoms with Crippen LogP contribution in [0.2, 0.25) is 0 Å². The molecule has 1 aromatic carbocycles. The Kier molecular flexibility index (Phi) is 2.52. The first-order chi connectivity index (χ1) is 8.24. The molecular formula is C13H15N3S. The molecule has 0 fully saturated rings. The zero-order valence-electron chi connectivity index (χ0n) is 9.81. The Morgan fingerprint density at radius 2 is 2.35 bits per heavy atom. The molecule has 0 bridgehead atoms. The highest BCUT2D eigenvalue weighted by molar-refractivity contribution is 7.09. The monoisotopic (exact) mass is 245 g/mol. The number of aryl methyl sites for hydroxylation is 1. The molecule has 4 heteroatoms. The van der Waals surface area contributed by atoms with E-state index in [1.54, 1.807) is 11.3 Å². The summed E-state index contributed by atoms with van der Waals surface area (Å²) >= 11 is 1.73. The van der Waals surface area contributed by atoms with E-state index in [4.69, 9.17) is 5.73 Å². The molecule has 0 amide bonds. The fourth-order valence-corrected chi connectivity index (χ4v) is 3.12. The van der Waals surface area contributed by atoms with Crippen molar-refractivity contribution < 1.29 is 0 Å². The van der Waals surface area contributed by atoms with Gasteiger partial charge in [-0.2, -0.15) is 0 Å². The van der Waals surface area contributed by atoms with Crippen molar-refractivity contribution in [3.8, 4) is 0 Å². The summed E-state index contributed by atoms with van der Waals surface area (Å²) in [5, 5.41) is 3.28. The molecule has 2 N–H and O–H groups in total. The molecule has 0 saturated heterocycles. The molecule has 2 aromatic rings. The van der Waals surface area contributed by atoms with E-state index >= 15 is 0 Å². The van der Waals surface area contributed by atoms with Gasteiger partial charge in [-0.15, -0.1) is 11.3 Å². The fourth-order valence-electron chi connectivity index (χ4n) is 2.33. The number of fused-ring (bicyclic) bond motifs is 1. The number of rotatable bonds is 2. The van der Waals surface area contributed by atoms with E-state index in [2.05, 4.69) is 21.3 Å². The van der Waals surface area contributed by atoms with Crippen molar-refractivity contribution in [1.29, 1.82) is 0 Å². The Morgan fingerprint density at radius 1 is 1.47 bits per heavy atom. The minimum Gasteiger partial charge on any atom is -0.398 e. The van der Waals surface area contributed by atoms with Crippen molar-refractivity contribution in [2.24, 2.45) is 0 Å². The lowest BCUT2D eigenvalue weighted by atomic mass is 10.1. The zero-order chi connectivity index (χ0) is 11.8. The van der Waals surface area contributed by atoms with Crippen LogP contribution in [-0.2, 0) is 13.0 Å². The van der Waals surface area contributed by atoms with Crippen LogP contribution in [0.25, 0.3) is 0 Å². The van der Waals surface area contributed by atoms with Gasteiger partial charge in [0.1, 0.15) is 5.01 Å². The zero-order valence-corrected chi connectivity index (χ0v) is 10.6. The van der Waals surface area contributed by atoms with E-state index in [9.17, 15) is 0 Å². The lowest BCUT2D eigenvalue weighted by Crippen LogP contribution is -2.19. The molecule has 1 aliphatic heterocycles. The maximum Gasteiger partial charge on any atom is 0.112 e. The van der Waals surface area contributed by atoms with Crippen LogP contribution in [0.1, 0.15) is 16.3 Å². The smallest absolute Gasteiger partial charge is 0.112 e. The largest absolute Gasteiger partial charge is 0.398 e. The molecule has 0 spiro atoms. The molecule has 3 nitrogen and oxygen atoms in total. The number of nitrogens with two attached hydrogens (primary N) is 1. The maximum atomic E-state index is 5.99. The summed E-state index contributed by atoms with van der Waals surface area (Å²) in [6.07, 6.45) is 1.05. The van der Waals surface area contributed by atoms with Crippen LogP contribution in [0.5, 0.6) is 0 Å². The van der Waals surface area contributed by atoms with E-state index in [0.717, 1.165) is 30.9 Å². The molecule has 17 heavy (non-hydrogen) atoms. The average molecular weight is 245 g/mol. The molecule has 0 unspecified atom stereocenters. The molecule has 0 saturated carbocycles. The summed E-state index contributed by atoms with van der Waals surface area (Å²) < 4.78 is 0. The molecule has 3 rings (SSSR count). The van der Waals surface area contributed by atoms with Gasteiger partial charge in [0.05, 0.1) is 6.54 Å².